The van der Waals surface area contributed by atoms with E-state index in [0.29, 0.717) is 37.3 Å². The molecule has 1 aromatic heterocycles. The lowest BCUT2D eigenvalue weighted by Gasteiger charge is -2.19. The summed E-state index contributed by atoms with van der Waals surface area (Å²) in [6, 6.07) is 3.46. The zero-order chi connectivity index (χ0) is 14.3. The predicted molar refractivity (Wildman–Crippen MR) is 75.6 cm³/mol. The number of pyridine rings is 1. The molecule has 19 heavy (non-hydrogen) atoms. The predicted octanol–water partition coefficient (Wildman–Crippen LogP) is 2.65. The van der Waals surface area contributed by atoms with Crippen LogP contribution in [0, 0.1) is 0 Å². The summed E-state index contributed by atoms with van der Waals surface area (Å²) in [5.74, 6) is 0.925. The van der Waals surface area contributed by atoms with Crippen LogP contribution in [0.4, 0.5) is 5.69 Å². The van der Waals surface area contributed by atoms with Crippen LogP contribution in [-0.4, -0.2) is 30.4 Å². The van der Waals surface area contributed by atoms with E-state index in [9.17, 15) is 0 Å². The number of hydrogen-bond donors (Lipinski definition) is 1. The van der Waals surface area contributed by atoms with Crippen molar-refractivity contribution in [2.75, 3.05) is 25.6 Å². The quantitative estimate of drug-likeness (QED) is 0.770. The smallest absolute Gasteiger partial charge is 0.240 e. The van der Waals surface area contributed by atoms with E-state index in [0.717, 1.165) is 6.42 Å². The van der Waals surface area contributed by atoms with E-state index >= 15 is 0 Å². The summed E-state index contributed by atoms with van der Waals surface area (Å²) in [5.41, 5.74) is 6.14. The van der Waals surface area contributed by atoms with Gasteiger partial charge >= 0.3 is 0 Å². The first kappa shape index (κ1) is 15.6. The van der Waals surface area contributed by atoms with E-state index in [1.54, 1.807) is 12.1 Å². The van der Waals surface area contributed by atoms with Gasteiger partial charge in [0.1, 0.15) is 6.61 Å². The molecule has 5 heteroatoms. The number of aromatic nitrogens is 1. The number of nitrogens with zero attached hydrogens (tertiary/aromatic N) is 1. The van der Waals surface area contributed by atoms with Gasteiger partial charge in [0.25, 0.3) is 0 Å². The minimum absolute atomic E-state index is 0.159. The highest BCUT2D eigenvalue weighted by Crippen LogP contribution is 2.22. The SMILES string of the molecule is CCCOc1nc(OCCOC(C)(C)C)ccc1N. The molecule has 0 unspecified atom stereocenters. The van der Waals surface area contributed by atoms with Crippen LogP contribution in [0.25, 0.3) is 0 Å². The lowest BCUT2D eigenvalue weighted by molar-refractivity contribution is -0.0168. The maximum absolute atomic E-state index is 5.77. The summed E-state index contributed by atoms with van der Waals surface area (Å²) < 4.78 is 16.5. The second-order valence-electron chi connectivity index (χ2n) is 5.20. The van der Waals surface area contributed by atoms with Gasteiger partial charge in [-0.05, 0) is 33.3 Å². The molecule has 1 rings (SSSR count). The average molecular weight is 268 g/mol. The minimum atomic E-state index is -0.159. The normalized spacial score (nSPS) is 11.4. The highest BCUT2D eigenvalue weighted by molar-refractivity contribution is 5.49. The van der Waals surface area contributed by atoms with Crippen molar-refractivity contribution in [1.82, 2.24) is 4.98 Å². The topological polar surface area (TPSA) is 66.6 Å². The second kappa shape index (κ2) is 7.19. The summed E-state index contributed by atoms with van der Waals surface area (Å²) in [6.07, 6.45) is 0.908. The largest absolute Gasteiger partial charge is 0.476 e. The van der Waals surface area contributed by atoms with Crippen LogP contribution in [0.5, 0.6) is 11.8 Å². The molecule has 2 N–H and O–H groups in total. The molecule has 0 amide bonds. The molecule has 0 atom stereocenters. The molecular weight excluding hydrogens is 244 g/mol. The lowest BCUT2D eigenvalue weighted by atomic mass is 10.2. The summed E-state index contributed by atoms with van der Waals surface area (Å²) in [6.45, 7) is 9.59. The third-order valence-electron chi connectivity index (χ3n) is 2.18. The fraction of sp³-hybridized carbons (Fsp3) is 0.643. The number of ether oxygens (including phenoxy) is 3. The van der Waals surface area contributed by atoms with Crippen molar-refractivity contribution in [2.24, 2.45) is 0 Å². The number of nitrogen functional groups attached to an aromatic ring is 1. The maximum Gasteiger partial charge on any atom is 0.240 e. The van der Waals surface area contributed by atoms with Crippen molar-refractivity contribution >= 4 is 5.69 Å². The third-order valence-corrected chi connectivity index (χ3v) is 2.18. The Hall–Kier alpha value is -1.49. The molecule has 108 valence electrons. The van der Waals surface area contributed by atoms with Crippen molar-refractivity contribution in [2.45, 2.75) is 39.7 Å². The zero-order valence-electron chi connectivity index (χ0n) is 12.2. The van der Waals surface area contributed by atoms with Crippen LogP contribution in [0.2, 0.25) is 0 Å². The summed E-state index contributed by atoms with van der Waals surface area (Å²) in [4.78, 5) is 4.22. The molecule has 0 aliphatic carbocycles. The maximum atomic E-state index is 5.77. The monoisotopic (exact) mass is 268 g/mol. The van der Waals surface area contributed by atoms with Crippen LogP contribution in [-0.2, 0) is 4.74 Å². The van der Waals surface area contributed by atoms with Gasteiger partial charge in [-0.3, -0.25) is 0 Å². The molecule has 1 aromatic rings. The van der Waals surface area contributed by atoms with E-state index < -0.39 is 0 Å². The standard InChI is InChI=1S/C14H24N2O3/c1-5-8-18-13-11(15)6-7-12(16-13)17-9-10-19-14(2,3)4/h6-7H,5,8-10,15H2,1-4H3. The Kier molecular flexibility index (Phi) is 5.89. The first-order chi connectivity index (χ1) is 8.92. The van der Waals surface area contributed by atoms with Crippen LogP contribution in [0.3, 0.4) is 0 Å². The fourth-order valence-electron chi connectivity index (χ4n) is 1.32. The highest BCUT2D eigenvalue weighted by Gasteiger charge is 2.10. The van der Waals surface area contributed by atoms with Gasteiger partial charge in [0.15, 0.2) is 0 Å². The minimum Gasteiger partial charge on any atom is -0.476 e. The molecule has 0 aliphatic rings. The van der Waals surface area contributed by atoms with Crippen LogP contribution in [0.1, 0.15) is 34.1 Å². The summed E-state index contributed by atoms with van der Waals surface area (Å²) >= 11 is 0. The van der Waals surface area contributed by atoms with Crippen molar-refractivity contribution < 1.29 is 14.2 Å². The molecule has 5 nitrogen and oxygen atoms in total. The molecule has 0 saturated carbocycles. The Morgan fingerprint density at radius 2 is 1.84 bits per heavy atom. The molecule has 1 heterocycles. The van der Waals surface area contributed by atoms with Gasteiger partial charge < -0.3 is 19.9 Å². The Bertz CT molecular complexity index is 389. The Morgan fingerprint density at radius 1 is 1.11 bits per heavy atom. The van der Waals surface area contributed by atoms with Crippen LogP contribution < -0.4 is 15.2 Å². The molecule has 0 saturated heterocycles. The van der Waals surface area contributed by atoms with Gasteiger partial charge in [0.2, 0.25) is 11.8 Å². The average Bonchev–Trinajstić information content (AvgIpc) is 2.33. The number of anilines is 1. The zero-order valence-corrected chi connectivity index (χ0v) is 12.2. The van der Waals surface area contributed by atoms with Gasteiger partial charge in [-0.15, -0.1) is 0 Å². The molecule has 0 bridgehead atoms. The van der Waals surface area contributed by atoms with Gasteiger partial charge in [-0.25, -0.2) is 0 Å². The first-order valence-corrected chi connectivity index (χ1v) is 6.58. The number of hydrogen-bond acceptors (Lipinski definition) is 5. The Labute approximate surface area is 115 Å². The van der Waals surface area contributed by atoms with E-state index in [4.69, 9.17) is 19.9 Å². The highest BCUT2D eigenvalue weighted by atomic mass is 16.5. The molecule has 0 spiro atoms. The summed E-state index contributed by atoms with van der Waals surface area (Å²) in [5, 5.41) is 0. The fourth-order valence-corrected chi connectivity index (χ4v) is 1.32. The molecule has 0 fully saturated rings. The van der Waals surface area contributed by atoms with E-state index in [1.807, 2.05) is 27.7 Å². The van der Waals surface area contributed by atoms with E-state index in [2.05, 4.69) is 4.98 Å². The van der Waals surface area contributed by atoms with Gasteiger partial charge in [-0.2, -0.15) is 4.98 Å². The first-order valence-electron chi connectivity index (χ1n) is 6.58. The Balaban J connectivity index is 2.45. The van der Waals surface area contributed by atoms with E-state index in [-0.39, 0.29) is 5.60 Å². The van der Waals surface area contributed by atoms with Crippen LogP contribution >= 0.6 is 0 Å². The number of rotatable bonds is 7. The number of nitrogens with two attached hydrogens (primary N) is 1. The van der Waals surface area contributed by atoms with Gasteiger partial charge in [0, 0.05) is 6.07 Å². The van der Waals surface area contributed by atoms with Crippen molar-refractivity contribution in [1.29, 1.82) is 0 Å². The van der Waals surface area contributed by atoms with Crippen molar-refractivity contribution in [3.63, 3.8) is 0 Å². The van der Waals surface area contributed by atoms with Crippen LogP contribution in [0.15, 0.2) is 12.1 Å². The molecule has 0 aromatic carbocycles. The Morgan fingerprint density at radius 3 is 2.47 bits per heavy atom. The van der Waals surface area contributed by atoms with E-state index in [1.165, 1.54) is 0 Å². The van der Waals surface area contributed by atoms with Gasteiger partial charge in [-0.1, -0.05) is 6.92 Å². The lowest BCUT2D eigenvalue weighted by Crippen LogP contribution is -2.22. The third kappa shape index (κ3) is 6.29. The molecular formula is C14H24N2O3. The van der Waals surface area contributed by atoms with Gasteiger partial charge in [0.05, 0.1) is 24.5 Å². The van der Waals surface area contributed by atoms with Crippen molar-refractivity contribution in [3.05, 3.63) is 12.1 Å². The second-order valence-corrected chi connectivity index (χ2v) is 5.20. The summed E-state index contributed by atoms with van der Waals surface area (Å²) in [7, 11) is 0. The molecule has 0 radical (unpaired) electrons. The molecule has 0 aliphatic heterocycles. The van der Waals surface area contributed by atoms with Crippen molar-refractivity contribution in [3.8, 4) is 11.8 Å².